The maximum Gasteiger partial charge on any atom is 0.261 e. The number of benzene rings is 1. The molecule has 6 nitrogen and oxygen atoms in total. The van der Waals surface area contributed by atoms with Crippen molar-refractivity contribution in [2.75, 3.05) is 11.6 Å². The molecule has 0 bridgehead atoms. The lowest BCUT2D eigenvalue weighted by atomic mass is 10.1. The number of nitrogens with one attached hydrogen (secondary N) is 1. The molecule has 2 aromatic rings. The molecule has 1 aliphatic heterocycles. The van der Waals surface area contributed by atoms with Gasteiger partial charge in [0.2, 0.25) is 5.95 Å². The summed E-state index contributed by atoms with van der Waals surface area (Å²) in [5, 5.41) is 3.41. The van der Waals surface area contributed by atoms with Crippen LogP contribution in [-0.2, 0) is 0 Å². The van der Waals surface area contributed by atoms with Gasteiger partial charge in [-0.1, -0.05) is 12.1 Å². The predicted octanol–water partition coefficient (Wildman–Crippen LogP) is 2.68. The van der Waals surface area contributed by atoms with Crippen molar-refractivity contribution in [1.29, 1.82) is 0 Å². The molecule has 0 saturated heterocycles. The van der Waals surface area contributed by atoms with Crippen LogP contribution in [0.5, 0.6) is 0 Å². The summed E-state index contributed by atoms with van der Waals surface area (Å²) in [6, 6.07) is 7.27. The second-order valence-electron chi connectivity index (χ2n) is 7.09. The van der Waals surface area contributed by atoms with E-state index in [1.165, 1.54) is 4.90 Å². The van der Waals surface area contributed by atoms with E-state index in [0.717, 1.165) is 17.7 Å². The van der Waals surface area contributed by atoms with Crippen molar-refractivity contribution in [1.82, 2.24) is 14.9 Å². The number of anilines is 1. The fourth-order valence-corrected chi connectivity index (χ4v) is 4.70. The Morgan fingerprint density at radius 1 is 1.04 bits per heavy atom. The number of imide groups is 1. The van der Waals surface area contributed by atoms with E-state index in [0.29, 0.717) is 28.9 Å². The molecule has 1 aromatic heterocycles. The fraction of sp³-hybridized carbons (Fsp3) is 0.368. The van der Waals surface area contributed by atoms with E-state index in [1.807, 2.05) is 18.4 Å². The molecule has 2 fully saturated rings. The summed E-state index contributed by atoms with van der Waals surface area (Å²) in [5.41, 5.74) is 1.06. The SMILES string of the molecule is CSc1cnc(N[C@@H]2C[C@@H](N3C(=O)c4ccccc4C3=O)[C@H]3C[C@@H]32)nc1. The molecule has 2 amide bonds. The molecule has 26 heavy (non-hydrogen) atoms. The molecule has 5 rings (SSSR count). The minimum atomic E-state index is -0.150. The highest BCUT2D eigenvalue weighted by molar-refractivity contribution is 7.98. The van der Waals surface area contributed by atoms with E-state index in [9.17, 15) is 9.59 Å². The van der Waals surface area contributed by atoms with Crippen LogP contribution in [0.25, 0.3) is 0 Å². The quantitative estimate of drug-likeness (QED) is 0.662. The van der Waals surface area contributed by atoms with E-state index >= 15 is 0 Å². The predicted molar refractivity (Wildman–Crippen MR) is 98.2 cm³/mol. The van der Waals surface area contributed by atoms with Crippen LogP contribution in [0.1, 0.15) is 33.6 Å². The molecule has 0 radical (unpaired) electrons. The van der Waals surface area contributed by atoms with Crippen LogP contribution in [0.3, 0.4) is 0 Å². The molecule has 1 aromatic carbocycles. The minimum absolute atomic E-state index is 0.0321. The molecule has 4 atom stereocenters. The Hall–Kier alpha value is -2.41. The third-order valence-corrected chi connectivity index (χ3v) is 6.42. The van der Waals surface area contributed by atoms with Gasteiger partial charge in [0.1, 0.15) is 0 Å². The number of amides is 2. The smallest absolute Gasteiger partial charge is 0.261 e. The molecule has 2 saturated carbocycles. The van der Waals surface area contributed by atoms with E-state index in [2.05, 4.69) is 15.3 Å². The zero-order valence-corrected chi connectivity index (χ0v) is 15.1. The van der Waals surface area contributed by atoms with E-state index in [-0.39, 0.29) is 23.9 Å². The van der Waals surface area contributed by atoms with Crippen molar-refractivity contribution in [3.63, 3.8) is 0 Å². The molecule has 2 aliphatic carbocycles. The number of aromatic nitrogens is 2. The van der Waals surface area contributed by atoms with Crippen molar-refractivity contribution < 1.29 is 9.59 Å². The highest BCUT2D eigenvalue weighted by atomic mass is 32.2. The third kappa shape index (κ3) is 2.34. The van der Waals surface area contributed by atoms with Crippen molar-refractivity contribution in [2.45, 2.75) is 29.8 Å². The standard InChI is InChI=1S/C19H18N4O2S/c1-26-10-8-20-19(21-9-10)22-15-7-16(14-6-13(14)15)23-17(24)11-4-2-3-5-12(11)18(23)25/h2-5,8-9,13-16H,6-7H2,1H3,(H,20,21,22)/t13-,14-,15+,16+/m0/s1. The average Bonchev–Trinajstić information content (AvgIpc) is 3.34. The number of thioether (sulfide) groups is 1. The van der Waals surface area contributed by atoms with E-state index in [1.54, 1.807) is 36.3 Å². The molecule has 7 heteroatoms. The maximum atomic E-state index is 12.8. The largest absolute Gasteiger partial charge is 0.351 e. The number of rotatable bonds is 4. The zero-order chi connectivity index (χ0) is 17.8. The summed E-state index contributed by atoms with van der Waals surface area (Å²) in [6.45, 7) is 0. The molecule has 132 valence electrons. The summed E-state index contributed by atoms with van der Waals surface area (Å²) < 4.78 is 0. The number of carbonyl (C=O) groups is 2. The normalized spacial score (nSPS) is 28.9. The minimum Gasteiger partial charge on any atom is -0.351 e. The second kappa shape index (κ2) is 5.81. The highest BCUT2D eigenvalue weighted by Crippen LogP contribution is 2.55. The Morgan fingerprint density at radius 2 is 1.69 bits per heavy atom. The number of hydrogen-bond acceptors (Lipinski definition) is 6. The Balaban J connectivity index is 1.34. The maximum absolute atomic E-state index is 12.8. The van der Waals surface area contributed by atoms with Crippen molar-refractivity contribution >= 4 is 29.5 Å². The molecule has 2 heterocycles. The van der Waals surface area contributed by atoms with Crippen LogP contribution in [0.15, 0.2) is 41.6 Å². The first kappa shape index (κ1) is 15.8. The lowest BCUT2D eigenvalue weighted by molar-refractivity contribution is 0.0569. The van der Waals surface area contributed by atoms with Crippen LogP contribution in [0, 0.1) is 11.8 Å². The molecule has 3 aliphatic rings. The number of carbonyl (C=O) groups excluding carboxylic acids is 2. The van der Waals surface area contributed by atoms with Gasteiger partial charge >= 0.3 is 0 Å². The van der Waals surface area contributed by atoms with Crippen LogP contribution in [0.2, 0.25) is 0 Å². The molecule has 1 N–H and O–H groups in total. The van der Waals surface area contributed by atoms with Gasteiger partial charge in [-0.3, -0.25) is 14.5 Å². The van der Waals surface area contributed by atoms with Gasteiger partial charge in [-0.25, -0.2) is 9.97 Å². The number of nitrogens with zero attached hydrogens (tertiary/aromatic N) is 3. The van der Waals surface area contributed by atoms with Crippen molar-refractivity contribution in [3.05, 3.63) is 47.8 Å². The number of fused-ring (bicyclic) bond motifs is 2. The highest BCUT2D eigenvalue weighted by Gasteiger charge is 2.59. The molecular weight excluding hydrogens is 348 g/mol. The Kier molecular flexibility index (Phi) is 3.53. The molecule has 0 unspecified atom stereocenters. The monoisotopic (exact) mass is 366 g/mol. The Bertz CT molecular complexity index is 866. The Morgan fingerprint density at radius 3 is 2.31 bits per heavy atom. The third-order valence-electron chi connectivity index (χ3n) is 5.73. The van der Waals surface area contributed by atoms with Crippen molar-refractivity contribution in [3.8, 4) is 0 Å². The zero-order valence-electron chi connectivity index (χ0n) is 14.3. The van der Waals surface area contributed by atoms with Crippen LogP contribution in [0.4, 0.5) is 5.95 Å². The van der Waals surface area contributed by atoms with E-state index in [4.69, 9.17) is 0 Å². The first-order chi connectivity index (χ1) is 12.7. The first-order valence-corrected chi connectivity index (χ1v) is 9.99. The summed E-state index contributed by atoms with van der Waals surface area (Å²) in [6.07, 6.45) is 7.40. The summed E-state index contributed by atoms with van der Waals surface area (Å²) in [5.74, 6) is 1.18. The Labute approximate surface area is 155 Å². The van der Waals surface area contributed by atoms with Gasteiger partial charge in [0.15, 0.2) is 0 Å². The van der Waals surface area contributed by atoms with Crippen molar-refractivity contribution in [2.24, 2.45) is 11.8 Å². The summed E-state index contributed by atoms with van der Waals surface area (Å²) >= 11 is 1.61. The van der Waals surface area contributed by atoms with Gasteiger partial charge in [-0.05, 0) is 43.1 Å². The lowest BCUT2D eigenvalue weighted by Gasteiger charge is -2.25. The second-order valence-corrected chi connectivity index (χ2v) is 7.97. The average molecular weight is 366 g/mol. The van der Waals surface area contributed by atoms with Crippen LogP contribution in [-0.4, -0.2) is 45.0 Å². The van der Waals surface area contributed by atoms with E-state index < -0.39 is 0 Å². The van der Waals surface area contributed by atoms with Gasteiger partial charge in [0.25, 0.3) is 11.8 Å². The van der Waals surface area contributed by atoms with Gasteiger partial charge in [0.05, 0.1) is 11.1 Å². The summed E-state index contributed by atoms with van der Waals surface area (Å²) in [7, 11) is 0. The van der Waals surface area contributed by atoms with Gasteiger partial charge < -0.3 is 5.32 Å². The number of hydrogen-bond donors (Lipinski definition) is 1. The molecular formula is C19H18N4O2S. The fourth-order valence-electron chi connectivity index (χ4n) is 4.38. The lowest BCUT2D eigenvalue weighted by Crippen LogP contribution is -2.41. The van der Waals surface area contributed by atoms with Gasteiger partial charge in [-0.2, -0.15) is 0 Å². The topological polar surface area (TPSA) is 75.2 Å². The first-order valence-electron chi connectivity index (χ1n) is 8.77. The van der Waals surface area contributed by atoms with Gasteiger partial charge in [0, 0.05) is 29.4 Å². The summed E-state index contributed by atoms with van der Waals surface area (Å²) in [4.78, 5) is 36.7. The van der Waals surface area contributed by atoms with Crippen LogP contribution < -0.4 is 5.32 Å². The molecule has 0 spiro atoms. The van der Waals surface area contributed by atoms with Gasteiger partial charge in [-0.15, -0.1) is 11.8 Å². The van der Waals surface area contributed by atoms with Crippen LogP contribution >= 0.6 is 11.8 Å².